The summed E-state index contributed by atoms with van der Waals surface area (Å²) in [6, 6.07) is 15.9. The molecule has 0 unspecified atom stereocenters. The van der Waals surface area contributed by atoms with Crippen molar-refractivity contribution < 1.29 is 9.47 Å². The standard InChI is InChI=1S/C17H20N2O2S/c1-20-15-9-8-14(10-16(15)21-2)12-19-17(22)18-11-13-6-4-3-5-7-13/h3-10H,11-12H2,1-2H3,(H2,18,19,22). The number of thiocarbonyl (C=S) groups is 1. The molecule has 0 fully saturated rings. The van der Waals surface area contributed by atoms with Crippen LogP contribution >= 0.6 is 12.2 Å². The van der Waals surface area contributed by atoms with Crippen molar-refractivity contribution in [2.75, 3.05) is 14.2 Å². The SMILES string of the molecule is COc1ccc(CNC(=S)NCc2ccccc2)cc1OC. The van der Waals surface area contributed by atoms with Crippen molar-refractivity contribution in [3.05, 3.63) is 59.7 Å². The molecule has 2 rings (SSSR count). The van der Waals surface area contributed by atoms with Gasteiger partial charge in [-0.3, -0.25) is 0 Å². The van der Waals surface area contributed by atoms with Crippen LogP contribution in [0.25, 0.3) is 0 Å². The van der Waals surface area contributed by atoms with Gasteiger partial charge in [-0.2, -0.15) is 0 Å². The summed E-state index contributed by atoms with van der Waals surface area (Å²) >= 11 is 5.28. The van der Waals surface area contributed by atoms with Crippen LogP contribution < -0.4 is 20.1 Å². The Hall–Kier alpha value is -2.27. The lowest BCUT2D eigenvalue weighted by atomic mass is 10.2. The molecule has 0 bridgehead atoms. The van der Waals surface area contributed by atoms with Gasteiger partial charge < -0.3 is 20.1 Å². The van der Waals surface area contributed by atoms with Crippen molar-refractivity contribution in [2.45, 2.75) is 13.1 Å². The van der Waals surface area contributed by atoms with E-state index in [1.807, 2.05) is 36.4 Å². The molecule has 0 aromatic heterocycles. The number of methoxy groups -OCH3 is 2. The topological polar surface area (TPSA) is 42.5 Å². The molecule has 22 heavy (non-hydrogen) atoms. The number of hydrogen-bond donors (Lipinski definition) is 2. The van der Waals surface area contributed by atoms with Crippen LogP contribution in [0.3, 0.4) is 0 Å². The smallest absolute Gasteiger partial charge is 0.166 e. The van der Waals surface area contributed by atoms with Crippen molar-refractivity contribution in [3.8, 4) is 11.5 Å². The molecule has 0 aliphatic heterocycles. The molecular formula is C17H20N2O2S. The van der Waals surface area contributed by atoms with E-state index in [0.29, 0.717) is 24.0 Å². The van der Waals surface area contributed by atoms with Crippen LogP contribution in [-0.4, -0.2) is 19.3 Å². The Balaban J connectivity index is 1.83. The third kappa shape index (κ3) is 4.63. The van der Waals surface area contributed by atoms with Gasteiger partial charge in [0.1, 0.15) is 0 Å². The molecule has 0 spiro atoms. The minimum absolute atomic E-state index is 0.624. The Kier molecular flexibility index (Phi) is 6.03. The van der Waals surface area contributed by atoms with E-state index in [0.717, 1.165) is 11.3 Å². The van der Waals surface area contributed by atoms with Gasteiger partial charge in [-0.15, -0.1) is 0 Å². The summed E-state index contributed by atoms with van der Waals surface area (Å²) in [5.74, 6) is 1.43. The monoisotopic (exact) mass is 316 g/mol. The maximum absolute atomic E-state index is 5.29. The van der Waals surface area contributed by atoms with Crippen LogP contribution in [-0.2, 0) is 13.1 Å². The predicted octanol–water partition coefficient (Wildman–Crippen LogP) is 2.87. The van der Waals surface area contributed by atoms with Gasteiger partial charge in [0, 0.05) is 13.1 Å². The van der Waals surface area contributed by atoms with Crippen molar-refractivity contribution in [1.82, 2.24) is 10.6 Å². The maximum atomic E-state index is 5.29. The fraction of sp³-hybridized carbons (Fsp3) is 0.235. The highest BCUT2D eigenvalue weighted by Gasteiger charge is 2.05. The molecule has 0 aliphatic rings. The van der Waals surface area contributed by atoms with Crippen LogP contribution in [0.4, 0.5) is 0 Å². The highest BCUT2D eigenvalue weighted by atomic mass is 32.1. The summed E-state index contributed by atoms with van der Waals surface area (Å²) in [5.41, 5.74) is 2.26. The van der Waals surface area contributed by atoms with E-state index in [4.69, 9.17) is 21.7 Å². The number of ether oxygens (including phenoxy) is 2. The Morgan fingerprint density at radius 3 is 2.14 bits per heavy atom. The zero-order chi connectivity index (χ0) is 15.8. The van der Waals surface area contributed by atoms with Gasteiger partial charge in [0.05, 0.1) is 14.2 Å². The second-order valence-corrected chi connectivity index (χ2v) is 5.12. The summed E-state index contributed by atoms with van der Waals surface area (Å²) in [4.78, 5) is 0. The zero-order valence-corrected chi connectivity index (χ0v) is 13.6. The molecule has 0 amide bonds. The minimum atomic E-state index is 0.624. The van der Waals surface area contributed by atoms with E-state index in [1.54, 1.807) is 14.2 Å². The highest BCUT2D eigenvalue weighted by Crippen LogP contribution is 2.27. The largest absolute Gasteiger partial charge is 0.493 e. The van der Waals surface area contributed by atoms with Gasteiger partial charge in [-0.05, 0) is 35.5 Å². The molecule has 2 aromatic rings. The van der Waals surface area contributed by atoms with Crippen molar-refractivity contribution in [2.24, 2.45) is 0 Å². The maximum Gasteiger partial charge on any atom is 0.166 e. The normalized spacial score (nSPS) is 9.91. The van der Waals surface area contributed by atoms with E-state index in [1.165, 1.54) is 5.56 Å². The van der Waals surface area contributed by atoms with E-state index in [2.05, 4.69) is 22.8 Å². The van der Waals surface area contributed by atoms with Gasteiger partial charge in [0.2, 0.25) is 0 Å². The Bertz CT molecular complexity index is 617. The lowest BCUT2D eigenvalue weighted by molar-refractivity contribution is 0.354. The molecule has 0 saturated carbocycles. The van der Waals surface area contributed by atoms with Crippen molar-refractivity contribution in [1.29, 1.82) is 0 Å². The number of benzene rings is 2. The van der Waals surface area contributed by atoms with E-state index in [-0.39, 0.29) is 0 Å². The molecule has 0 atom stereocenters. The van der Waals surface area contributed by atoms with Gasteiger partial charge in [-0.25, -0.2) is 0 Å². The zero-order valence-electron chi connectivity index (χ0n) is 12.8. The fourth-order valence-corrected chi connectivity index (χ4v) is 2.16. The number of hydrogen-bond acceptors (Lipinski definition) is 3. The molecule has 5 heteroatoms. The predicted molar refractivity (Wildman–Crippen MR) is 92.3 cm³/mol. The molecule has 0 heterocycles. The molecule has 116 valence electrons. The molecular weight excluding hydrogens is 296 g/mol. The van der Waals surface area contributed by atoms with Gasteiger partial charge >= 0.3 is 0 Å². The number of nitrogens with one attached hydrogen (secondary N) is 2. The highest BCUT2D eigenvalue weighted by molar-refractivity contribution is 7.80. The first kappa shape index (κ1) is 16.1. The lowest BCUT2D eigenvalue weighted by Crippen LogP contribution is -2.34. The molecule has 2 aromatic carbocycles. The van der Waals surface area contributed by atoms with Crippen LogP contribution in [0.2, 0.25) is 0 Å². The summed E-state index contributed by atoms with van der Waals surface area (Å²) < 4.78 is 10.5. The Morgan fingerprint density at radius 1 is 0.864 bits per heavy atom. The van der Waals surface area contributed by atoms with Gasteiger partial charge in [-0.1, -0.05) is 36.4 Å². The van der Waals surface area contributed by atoms with Crippen LogP contribution in [0.1, 0.15) is 11.1 Å². The van der Waals surface area contributed by atoms with E-state index < -0.39 is 0 Å². The van der Waals surface area contributed by atoms with E-state index in [9.17, 15) is 0 Å². The lowest BCUT2D eigenvalue weighted by Gasteiger charge is -2.12. The van der Waals surface area contributed by atoms with Crippen molar-refractivity contribution >= 4 is 17.3 Å². The van der Waals surface area contributed by atoms with Crippen LogP contribution in [0, 0.1) is 0 Å². The third-order valence-corrected chi connectivity index (χ3v) is 3.49. The summed E-state index contributed by atoms with van der Waals surface area (Å²) in [7, 11) is 3.25. The molecule has 4 nitrogen and oxygen atoms in total. The average Bonchev–Trinajstić information content (AvgIpc) is 2.58. The summed E-state index contributed by atoms with van der Waals surface area (Å²) in [6.45, 7) is 1.33. The molecule has 0 radical (unpaired) electrons. The molecule has 0 saturated heterocycles. The van der Waals surface area contributed by atoms with E-state index >= 15 is 0 Å². The van der Waals surface area contributed by atoms with Crippen LogP contribution in [0.5, 0.6) is 11.5 Å². The first-order chi connectivity index (χ1) is 10.7. The van der Waals surface area contributed by atoms with Crippen LogP contribution in [0.15, 0.2) is 48.5 Å². The third-order valence-electron chi connectivity index (χ3n) is 3.20. The van der Waals surface area contributed by atoms with Crippen molar-refractivity contribution in [3.63, 3.8) is 0 Å². The molecule has 0 aliphatic carbocycles. The molecule has 2 N–H and O–H groups in total. The summed E-state index contributed by atoms with van der Waals surface area (Å²) in [5, 5.41) is 6.99. The fourth-order valence-electron chi connectivity index (χ4n) is 2.01. The summed E-state index contributed by atoms with van der Waals surface area (Å²) in [6.07, 6.45) is 0. The first-order valence-electron chi connectivity index (χ1n) is 6.99. The Morgan fingerprint density at radius 2 is 1.50 bits per heavy atom. The van der Waals surface area contributed by atoms with Gasteiger partial charge in [0.25, 0.3) is 0 Å². The second kappa shape index (κ2) is 8.24. The average molecular weight is 316 g/mol. The quantitative estimate of drug-likeness (QED) is 0.802. The second-order valence-electron chi connectivity index (χ2n) is 4.71. The first-order valence-corrected chi connectivity index (χ1v) is 7.40. The van der Waals surface area contributed by atoms with Gasteiger partial charge in [0.15, 0.2) is 16.6 Å². The Labute approximate surface area is 136 Å². The minimum Gasteiger partial charge on any atom is -0.493 e. The number of rotatable bonds is 6.